The number of rotatable bonds is 0. The molecule has 1 heteroatoms. The highest BCUT2D eigenvalue weighted by molar-refractivity contribution is 7.99. The zero-order valence-corrected chi connectivity index (χ0v) is 12.8. The summed E-state index contributed by atoms with van der Waals surface area (Å²) in [5, 5.41) is 0. The summed E-state index contributed by atoms with van der Waals surface area (Å²) in [6.45, 7) is 4.45. The predicted molar refractivity (Wildman–Crippen MR) is 89.3 cm³/mol. The van der Waals surface area contributed by atoms with E-state index in [4.69, 9.17) is 0 Å². The third-order valence-electron chi connectivity index (χ3n) is 4.44. The maximum Gasteiger partial charge on any atom is 0.0153 e. The smallest absolute Gasteiger partial charge is 0.0153 e. The minimum atomic E-state index is 1.20. The molecule has 0 amide bonds. The van der Waals surface area contributed by atoms with Crippen molar-refractivity contribution < 1.29 is 0 Å². The molecule has 0 spiro atoms. The minimum absolute atomic E-state index is 1.20. The van der Waals surface area contributed by atoms with E-state index in [1.165, 1.54) is 51.3 Å². The average Bonchev–Trinajstić information content (AvgIpc) is 3.04. The molecule has 4 rings (SSSR count). The molecule has 20 heavy (non-hydrogen) atoms. The van der Waals surface area contributed by atoms with Crippen molar-refractivity contribution >= 4 is 17.3 Å². The lowest BCUT2D eigenvalue weighted by molar-refractivity contribution is 1.17. The normalized spacial score (nSPS) is 20.1. The quantitative estimate of drug-likeness (QED) is 0.543. The van der Waals surface area contributed by atoms with Gasteiger partial charge in [-0.25, -0.2) is 0 Å². The maximum atomic E-state index is 2.38. The molecule has 0 saturated carbocycles. The van der Waals surface area contributed by atoms with Gasteiger partial charge < -0.3 is 0 Å². The summed E-state index contributed by atoms with van der Waals surface area (Å²) in [7, 11) is 0. The van der Waals surface area contributed by atoms with Gasteiger partial charge in [0.2, 0.25) is 0 Å². The van der Waals surface area contributed by atoms with E-state index < -0.39 is 0 Å². The Kier molecular flexibility index (Phi) is 2.78. The van der Waals surface area contributed by atoms with Gasteiger partial charge in [0.25, 0.3) is 0 Å². The van der Waals surface area contributed by atoms with Crippen molar-refractivity contribution in [2.45, 2.75) is 20.3 Å². The Morgan fingerprint density at radius 3 is 2.65 bits per heavy atom. The van der Waals surface area contributed by atoms with Gasteiger partial charge in [-0.15, -0.1) is 0 Å². The Morgan fingerprint density at radius 1 is 0.950 bits per heavy atom. The van der Waals surface area contributed by atoms with E-state index in [2.05, 4.69) is 62.0 Å². The summed E-state index contributed by atoms with van der Waals surface area (Å²) >= 11 is 2.07. The molecule has 2 aromatic rings. The fourth-order valence-electron chi connectivity index (χ4n) is 3.49. The Bertz CT molecular complexity index is 729. The molecule has 1 saturated heterocycles. The van der Waals surface area contributed by atoms with E-state index in [9.17, 15) is 0 Å². The summed E-state index contributed by atoms with van der Waals surface area (Å²) in [6.07, 6.45) is 1.25. The van der Waals surface area contributed by atoms with E-state index in [1.54, 1.807) is 11.1 Å². The Balaban J connectivity index is 2.10. The third-order valence-corrected chi connectivity index (χ3v) is 5.48. The second-order valence-electron chi connectivity index (χ2n) is 5.83. The highest BCUT2D eigenvalue weighted by Crippen LogP contribution is 2.49. The van der Waals surface area contributed by atoms with Crippen LogP contribution >= 0.6 is 11.8 Å². The van der Waals surface area contributed by atoms with Gasteiger partial charge in [-0.1, -0.05) is 47.5 Å². The van der Waals surface area contributed by atoms with Gasteiger partial charge in [-0.2, -0.15) is 11.8 Å². The van der Waals surface area contributed by atoms with Crippen molar-refractivity contribution in [1.29, 1.82) is 0 Å². The van der Waals surface area contributed by atoms with Crippen molar-refractivity contribution in [3.05, 3.63) is 64.2 Å². The third kappa shape index (κ3) is 1.69. The fraction of sp³-hybridized carbons (Fsp3) is 0.263. The van der Waals surface area contributed by atoms with Crippen LogP contribution in [0, 0.1) is 13.8 Å². The van der Waals surface area contributed by atoms with Crippen molar-refractivity contribution in [2.75, 3.05) is 11.5 Å². The van der Waals surface area contributed by atoms with Gasteiger partial charge in [0.1, 0.15) is 0 Å². The molecule has 1 aliphatic heterocycles. The molecule has 0 unspecified atom stereocenters. The first-order chi connectivity index (χ1) is 9.75. The zero-order chi connectivity index (χ0) is 13.7. The van der Waals surface area contributed by atoms with E-state index in [-0.39, 0.29) is 0 Å². The van der Waals surface area contributed by atoms with Crippen LogP contribution in [0.5, 0.6) is 0 Å². The lowest BCUT2D eigenvalue weighted by Gasteiger charge is -2.10. The lowest BCUT2D eigenvalue weighted by Crippen LogP contribution is -1.92. The summed E-state index contributed by atoms with van der Waals surface area (Å²) < 4.78 is 0. The summed E-state index contributed by atoms with van der Waals surface area (Å²) in [6, 6.07) is 13.6. The van der Waals surface area contributed by atoms with Crippen LogP contribution in [0.4, 0.5) is 0 Å². The van der Waals surface area contributed by atoms with Crippen molar-refractivity contribution in [2.24, 2.45) is 0 Å². The van der Waals surface area contributed by atoms with Crippen LogP contribution in [-0.2, 0) is 0 Å². The SMILES string of the molecule is Cc1ccc2c(c1)/C(=C1/CCSC1)c1c(C)cccc1-2. The molecule has 0 radical (unpaired) electrons. The van der Waals surface area contributed by atoms with Crippen LogP contribution in [0.25, 0.3) is 16.7 Å². The molecular weight excluding hydrogens is 260 g/mol. The van der Waals surface area contributed by atoms with E-state index in [1.807, 2.05) is 0 Å². The van der Waals surface area contributed by atoms with Gasteiger partial charge in [0.15, 0.2) is 0 Å². The second-order valence-corrected chi connectivity index (χ2v) is 6.93. The molecule has 0 bridgehead atoms. The zero-order valence-electron chi connectivity index (χ0n) is 12.0. The predicted octanol–water partition coefficient (Wildman–Crippen LogP) is 5.22. The molecule has 1 aliphatic carbocycles. The van der Waals surface area contributed by atoms with Gasteiger partial charge >= 0.3 is 0 Å². The lowest BCUT2D eigenvalue weighted by atomic mass is 9.94. The molecule has 2 aromatic carbocycles. The first kappa shape index (κ1) is 12.3. The standard InChI is InChI=1S/C19H18S/c1-12-6-7-15-16-5-3-4-13(2)18(16)19(17(15)10-12)14-8-9-20-11-14/h3-7,10H,8-9,11H2,1-2H3/b19-14+. The molecule has 0 nitrogen and oxygen atoms in total. The van der Waals surface area contributed by atoms with Crippen molar-refractivity contribution in [3.63, 3.8) is 0 Å². The number of fused-ring (bicyclic) bond motifs is 3. The van der Waals surface area contributed by atoms with Crippen LogP contribution < -0.4 is 0 Å². The number of hydrogen-bond acceptors (Lipinski definition) is 1. The molecule has 0 atom stereocenters. The minimum Gasteiger partial charge on any atom is -0.157 e. The largest absolute Gasteiger partial charge is 0.157 e. The Hall–Kier alpha value is -1.47. The van der Waals surface area contributed by atoms with Crippen LogP contribution in [0.1, 0.15) is 28.7 Å². The van der Waals surface area contributed by atoms with Gasteiger partial charge in [-0.3, -0.25) is 0 Å². The average molecular weight is 278 g/mol. The van der Waals surface area contributed by atoms with E-state index in [0.29, 0.717) is 0 Å². The molecule has 1 fully saturated rings. The number of aryl methyl sites for hydroxylation is 2. The number of thioether (sulfide) groups is 1. The van der Waals surface area contributed by atoms with E-state index >= 15 is 0 Å². The monoisotopic (exact) mass is 278 g/mol. The van der Waals surface area contributed by atoms with Crippen LogP contribution in [0.3, 0.4) is 0 Å². The Labute approximate surface area is 124 Å². The molecule has 0 N–H and O–H groups in total. The molecule has 2 aliphatic rings. The molecule has 100 valence electrons. The molecular formula is C19H18S. The van der Waals surface area contributed by atoms with Gasteiger partial charge in [-0.05, 0) is 59.4 Å². The highest BCUT2D eigenvalue weighted by atomic mass is 32.2. The van der Waals surface area contributed by atoms with Crippen LogP contribution in [-0.4, -0.2) is 11.5 Å². The Morgan fingerprint density at radius 2 is 1.85 bits per heavy atom. The van der Waals surface area contributed by atoms with Gasteiger partial charge in [0, 0.05) is 5.75 Å². The highest BCUT2D eigenvalue weighted by Gasteiger charge is 2.28. The summed E-state index contributed by atoms with van der Waals surface area (Å²) in [4.78, 5) is 0. The fourth-order valence-corrected chi connectivity index (χ4v) is 4.56. The molecule has 1 heterocycles. The second kappa shape index (κ2) is 4.53. The first-order valence-electron chi connectivity index (χ1n) is 7.27. The van der Waals surface area contributed by atoms with Crippen molar-refractivity contribution in [3.8, 4) is 11.1 Å². The summed E-state index contributed by atoms with van der Waals surface area (Å²) in [5.74, 6) is 2.48. The number of hydrogen-bond donors (Lipinski definition) is 0. The number of benzene rings is 2. The molecule has 0 aromatic heterocycles. The topological polar surface area (TPSA) is 0 Å². The maximum absolute atomic E-state index is 2.38. The first-order valence-corrected chi connectivity index (χ1v) is 8.42. The van der Waals surface area contributed by atoms with Crippen molar-refractivity contribution in [1.82, 2.24) is 0 Å². The summed E-state index contributed by atoms with van der Waals surface area (Å²) in [5.41, 5.74) is 11.8. The van der Waals surface area contributed by atoms with Gasteiger partial charge in [0.05, 0.1) is 0 Å². The van der Waals surface area contributed by atoms with Crippen LogP contribution in [0.2, 0.25) is 0 Å². The van der Waals surface area contributed by atoms with Crippen LogP contribution in [0.15, 0.2) is 42.0 Å². The van der Waals surface area contributed by atoms with E-state index in [0.717, 1.165) is 0 Å².